The van der Waals surface area contributed by atoms with Crippen LogP contribution in [-0.2, 0) is 14.8 Å². The third kappa shape index (κ3) is 6.08. The van der Waals surface area contributed by atoms with Gasteiger partial charge in [-0.25, -0.2) is 13.1 Å². The van der Waals surface area contributed by atoms with E-state index in [2.05, 4.69) is 5.32 Å². The molecule has 0 aliphatic rings. The monoisotopic (exact) mass is 505 g/mol. The van der Waals surface area contributed by atoms with Crippen molar-refractivity contribution in [1.29, 1.82) is 5.26 Å². The zero-order valence-corrected chi connectivity index (χ0v) is 21.6. The predicted octanol–water partition coefficient (Wildman–Crippen LogP) is 4.39. The molecule has 3 rings (SSSR count). The summed E-state index contributed by atoms with van der Waals surface area (Å²) in [6.07, 6.45) is 4.63. The number of hydrogen-bond acceptors (Lipinski definition) is 5. The standard InChI is InChI=1S/C27H31N5O3S/c1-4-15-31(16-5-2)36(34,35)25-14-10-11-21(18-25)26-23(17-22(19-28)27(33)29-6-3)20-32(30-26)24-12-8-7-9-13-24/h7-14,17-18,20H,4-6,15-16H2,1-3H3,(H,29,33). The molecule has 0 radical (unpaired) electrons. The molecule has 9 heteroatoms. The van der Waals surface area contributed by atoms with Crippen molar-refractivity contribution in [1.82, 2.24) is 19.4 Å². The maximum Gasteiger partial charge on any atom is 0.261 e. The number of aromatic nitrogens is 2. The van der Waals surface area contributed by atoms with E-state index in [0.717, 1.165) is 5.69 Å². The first kappa shape index (κ1) is 26.9. The summed E-state index contributed by atoms with van der Waals surface area (Å²) in [5.41, 5.74) is 2.28. The second-order valence-corrected chi connectivity index (χ2v) is 10.1. The van der Waals surface area contributed by atoms with Crippen molar-refractivity contribution in [3.05, 3.63) is 71.9 Å². The SMILES string of the molecule is CCCN(CCC)S(=O)(=O)c1cccc(-c2nn(-c3ccccc3)cc2C=C(C#N)C(=O)NCC)c1. The lowest BCUT2D eigenvalue weighted by Gasteiger charge is -2.21. The maximum atomic E-state index is 13.4. The van der Waals surface area contributed by atoms with Gasteiger partial charge in [-0.05, 0) is 50.1 Å². The molecule has 0 bridgehead atoms. The maximum absolute atomic E-state index is 13.4. The van der Waals surface area contributed by atoms with Gasteiger partial charge in [-0.2, -0.15) is 14.7 Å². The zero-order valence-electron chi connectivity index (χ0n) is 20.8. The van der Waals surface area contributed by atoms with Gasteiger partial charge >= 0.3 is 0 Å². The minimum absolute atomic E-state index is 0.0634. The van der Waals surface area contributed by atoms with E-state index < -0.39 is 15.9 Å². The number of likely N-dealkylation sites (N-methyl/N-ethyl adjacent to an activating group) is 1. The molecule has 188 valence electrons. The molecule has 1 N–H and O–H groups in total. The van der Waals surface area contributed by atoms with Crippen molar-refractivity contribution in [2.45, 2.75) is 38.5 Å². The number of para-hydroxylation sites is 1. The fraction of sp³-hybridized carbons (Fsp3) is 0.296. The summed E-state index contributed by atoms with van der Waals surface area (Å²) in [6.45, 7) is 6.94. The third-order valence-corrected chi connectivity index (χ3v) is 7.35. The van der Waals surface area contributed by atoms with Gasteiger partial charge in [-0.15, -0.1) is 0 Å². The predicted molar refractivity (Wildman–Crippen MR) is 141 cm³/mol. The van der Waals surface area contributed by atoms with E-state index in [1.165, 1.54) is 10.4 Å². The number of rotatable bonds is 11. The Labute approximate surface area is 212 Å². The molecule has 0 aliphatic heterocycles. The highest BCUT2D eigenvalue weighted by atomic mass is 32.2. The van der Waals surface area contributed by atoms with E-state index in [1.54, 1.807) is 42.1 Å². The molecule has 0 fully saturated rings. The molecule has 8 nitrogen and oxygen atoms in total. The van der Waals surface area contributed by atoms with Crippen LogP contribution in [0.3, 0.4) is 0 Å². The molecule has 0 aliphatic carbocycles. The number of sulfonamides is 1. The smallest absolute Gasteiger partial charge is 0.261 e. The van der Waals surface area contributed by atoms with Crippen LogP contribution in [0.1, 0.15) is 39.2 Å². The fourth-order valence-corrected chi connectivity index (χ4v) is 5.46. The first-order valence-electron chi connectivity index (χ1n) is 12.0. The van der Waals surface area contributed by atoms with Gasteiger partial charge < -0.3 is 5.32 Å². The molecule has 3 aromatic rings. The molecule has 36 heavy (non-hydrogen) atoms. The normalized spacial score (nSPS) is 11.9. The highest BCUT2D eigenvalue weighted by Gasteiger charge is 2.24. The van der Waals surface area contributed by atoms with E-state index in [-0.39, 0.29) is 10.5 Å². The van der Waals surface area contributed by atoms with Crippen LogP contribution in [0.15, 0.2) is 71.3 Å². The average molecular weight is 506 g/mol. The number of hydrogen-bond donors (Lipinski definition) is 1. The van der Waals surface area contributed by atoms with Crippen LogP contribution in [0.25, 0.3) is 23.0 Å². The minimum Gasteiger partial charge on any atom is -0.352 e. The fourth-order valence-electron chi connectivity index (χ4n) is 3.79. The largest absolute Gasteiger partial charge is 0.352 e. The lowest BCUT2D eigenvalue weighted by atomic mass is 10.1. The Bertz CT molecular complexity index is 1370. The van der Waals surface area contributed by atoms with Crippen molar-refractivity contribution in [3.8, 4) is 23.0 Å². The molecule has 0 spiro atoms. The van der Waals surface area contributed by atoms with Crippen LogP contribution >= 0.6 is 0 Å². The summed E-state index contributed by atoms with van der Waals surface area (Å²) < 4.78 is 29.9. The number of carbonyl (C=O) groups is 1. The molecule has 0 unspecified atom stereocenters. The Hall–Kier alpha value is -3.74. The molecule has 1 amide bonds. The second-order valence-electron chi connectivity index (χ2n) is 8.17. The first-order chi connectivity index (χ1) is 17.3. The minimum atomic E-state index is -3.70. The third-order valence-electron chi connectivity index (χ3n) is 5.46. The molecule has 0 atom stereocenters. The molecule has 2 aromatic carbocycles. The van der Waals surface area contributed by atoms with Crippen molar-refractivity contribution < 1.29 is 13.2 Å². The quantitative estimate of drug-likeness (QED) is 0.307. The Kier molecular flexibility index (Phi) is 9.17. The number of benzene rings is 2. The summed E-state index contributed by atoms with van der Waals surface area (Å²) in [5, 5.41) is 16.9. The van der Waals surface area contributed by atoms with E-state index in [1.807, 2.05) is 50.2 Å². The van der Waals surface area contributed by atoms with Crippen LogP contribution in [0.4, 0.5) is 0 Å². The van der Waals surface area contributed by atoms with Gasteiger partial charge in [-0.1, -0.05) is 44.2 Å². The number of carbonyl (C=O) groups excluding carboxylic acids is 1. The van der Waals surface area contributed by atoms with Crippen LogP contribution in [0.2, 0.25) is 0 Å². The summed E-state index contributed by atoms with van der Waals surface area (Å²) >= 11 is 0. The molecule has 0 saturated heterocycles. The van der Waals surface area contributed by atoms with Crippen LogP contribution in [0, 0.1) is 11.3 Å². The summed E-state index contributed by atoms with van der Waals surface area (Å²) in [7, 11) is -3.70. The number of nitrogens with one attached hydrogen (secondary N) is 1. The summed E-state index contributed by atoms with van der Waals surface area (Å²) in [4.78, 5) is 12.5. The number of nitriles is 1. The first-order valence-corrected chi connectivity index (χ1v) is 13.4. The molecule has 0 saturated carbocycles. The van der Waals surface area contributed by atoms with E-state index in [0.29, 0.717) is 49.3 Å². The van der Waals surface area contributed by atoms with Gasteiger partial charge in [0, 0.05) is 37.0 Å². The Morgan fingerprint density at radius 3 is 2.39 bits per heavy atom. The van der Waals surface area contributed by atoms with Gasteiger partial charge in [-0.3, -0.25) is 4.79 Å². The van der Waals surface area contributed by atoms with E-state index in [9.17, 15) is 18.5 Å². The van der Waals surface area contributed by atoms with Crippen molar-refractivity contribution in [2.75, 3.05) is 19.6 Å². The Morgan fingerprint density at radius 2 is 1.78 bits per heavy atom. The number of nitrogens with zero attached hydrogens (tertiary/aromatic N) is 4. The molecule has 1 aromatic heterocycles. The second kappa shape index (κ2) is 12.3. The molecule has 1 heterocycles. The van der Waals surface area contributed by atoms with Gasteiger partial charge in [0.15, 0.2) is 0 Å². The van der Waals surface area contributed by atoms with Gasteiger partial charge in [0.05, 0.1) is 10.6 Å². The van der Waals surface area contributed by atoms with E-state index >= 15 is 0 Å². The topological polar surface area (TPSA) is 108 Å². The van der Waals surface area contributed by atoms with E-state index in [4.69, 9.17) is 5.10 Å². The number of amides is 1. The average Bonchev–Trinajstić information content (AvgIpc) is 3.32. The van der Waals surface area contributed by atoms with Crippen molar-refractivity contribution >= 4 is 22.0 Å². The van der Waals surface area contributed by atoms with Crippen LogP contribution in [0.5, 0.6) is 0 Å². The lowest BCUT2D eigenvalue weighted by molar-refractivity contribution is -0.116. The van der Waals surface area contributed by atoms with Crippen LogP contribution < -0.4 is 5.32 Å². The van der Waals surface area contributed by atoms with Crippen molar-refractivity contribution in [3.63, 3.8) is 0 Å². The Morgan fingerprint density at radius 1 is 1.08 bits per heavy atom. The van der Waals surface area contributed by atoms with Gasteiger partial charge in [0.25, 0.3) is 5.91 Å². The summed E-state index contributed by atoms with van der Waals surface area (Å²) in [6, 6.07) is 18.0. The van der Waals surface area contributed by atoms with Crippen LogP contribution in [-0.4, -0.2) is 48.0 Å². The van der Waals surface area contributed by atoms with Gasteiger partial charge in [0.1, 0.15) is 17.3 Å². The molecular formula is C27H31N5O3S. The van der Waals surface area contributed by atoms with Crippen molar-refractivity contribution in [2.24, 2.45) is 0 Å². The molecular weight excluding hydrogens is 474 g/mol. The summed E-state index contributed by atoms with van der Waals surface area (Å²) in [5.74, 6) is -0.482. The Balaban J connectivity index is 2.16. The highest BCUT2D eigenvalue weighted by Crippen LogP contribution is 2.29. The van der Waals surface area contributed by atoms with Gasteiger partial charge in [0.2, 0.25) is 10.0 Å². The zero-order chi connectivity index (χ0) is 26.1. The lowest BCUT2D eigenvalue weighted by Crippen LogP contribution is -2.32. The highest BCUT2D eigenvalue weighted by molar-refractivity contribution is 7.89.